The number of carbonyl (C=O) groups is 2. The highest BCUT2D eigenvalue weighted by Crippen LogP contribution is 2.29. The van der Waals surface area contributed by atoms with Crippen LogP contribution in [0.5, 0.6) is 0 Å². The van der Waals surface area contributed by atoms with Gasteiger partial charge in [0.1, 0.15) is 23.5 Å². The number of thiophene rings is 1. The minimum atomic E-state index is -1.03. The number of aliphatic carboxylic acids is 1. The van der Waals surface area contributed by atoms with Crippen LogP contribution in [-0.4, -0.2) is 46.6 Å². The molecule has 0 saturated carbocycles. The molecule has 1 aliphatic heterocycles. The molecule has 1 fully saturated rings. The maximum Gasteiger partial charge on any atom is 0.322 e. The van der Waals surface area contributed by atoms with Crippen molar-refractivity contribution in [1.29, 1.82) is 0 Å². The van der Waals surface area contributed by atoms with Gasteiger partial charge in [0, 0.05) is 13.1 Å². The van der Waals surface area contributed by atoms with Crippen molar-refractivity contribution in [2.75, 3.05) is 24.5 Å². The molecule has 0 bridgehead atoms. The van der Waals surface area contributed by atoms with Gasteiger partial charge < -0.3 is 15.3 Å². The van der Waals surface area contributed by atoms with Gasteiger partial charge in [-0.15, -0.1) is 11.3 Å². The number of rotatable bonds is 4. The number of aromatic nitrogens is 2. The van der Waals surface area contributed by atoms with E-state index in [1.807, 2.05) is 11.4 Å². The Kier molecular flexibility index (Phi) is 4.19. The molecule has 1 atom stereocenters. The number of amides is 1. The van der Waals surface area contributed by atoms with Gasteiger partial charge in [0.25, 0.3) is 0 Å². The first-order chi connectivity index (χ1) is 10.6. The molecule has 2 aromatic rings. The van der Waals surface area contributed by atoms with Gasteiger partial charge >= 0.3 is 5.97 Å². The van der Waals surface area contributed by atoms with E-state index in [1.165, 1.54) is 0 Å². The van der Waals surface area contributed by atoms with Crippen LogP contribution in [0.25, 0.3) is 10.2 Å². The van der Waals surface area contributed by atoms with Crippen LogP contribution < -0.4 is 10.2 Å². The second kappa shape index (κ2) is 6.27. The number of nitrogens with one attached hydrogen (secondary N) is 1. The molecular weight excluding hydrogens is 304 g/mol. The first-order valence-electron chi connectivity index (χ1n) is 7.08. The van der Waals surface area contributed by atoms with E-state index >= 15 is 0 Å². The number of carbonyl (C=O) groups excluding carboxylic acids is 1. The first kappa shape index (κ1) is 14.7. The third-order valence-electron chi connectivity index (χ3n) is 3.75. The van der Waals surface area contributed by atoms with Crippen LogP contribution >= 0.6 is 11.3 Å². The van der Waals surface area contributed by atoms with E-state index in [1.54, 1.807) is 17.7 Å². The molecule has 7 nitrogen and oxygen atoms in total. The fourth-order valence-corrected chi connectivity index (χ4v) is 3.45. The van der Waals surface area contributed by atoms with Crippen molar-refractivity contribution < 1.29 is 14.7 Å². The molecule has 3 heterocycles. The average molecular weight is 320 g/mol. The summed E-state index contributed by atoms with van der Waals surface area (Å²) in [5, 5.41) is 14.1. The van der Waals surface area contributed by atoms with Crippen LogP contribution in [0.4, 0.5) is 5.82 Å². The van der Waals surface area contributed by atoms with Gasteiger partial charge in [0.2, 0.25) is 5.91 Å². The maximum atomic E-state index is 12.1. The fraction of sp³-hybridized carbons (Fsp3) is 0.429. The highest BCUT2D eigenvalue weighted by Gasteiger charge is 2.27. The molecule has 22 heavy (non-hydrogen) atoms. The quantitative estimate of drug-likeness (QED) is 0.876. The summed E-state index contributed by atoms with van der Waals surface area (Å²) in [7, 11) is 0. The number of piperidine rings is 1. The van der Waals surface area contributed by atoms with Crippen LogP contribution in [0.3, 0.4) is 0 Å². The molecule has 116 valence electrons. The SMILES string of the molecule is O=C(O)CNC(=O)C1CCCN(c2ncnc3sccc23)C1. The Bertz CT molecular complexity index is 702. The molecular formula is C14H16N4O3S. The number of fused-ring (bicyclic) bond motifs is 1. The normalized spacial score (nSPS) is 18.4. The molecule has 0 aromatic carbocycles. The predicted octanol–water partition coefficient (Wildman–Crippen LogP) is 1.11. The van der Waals surface area contributed by atoms with Gasteiger partial charge in [-0.3, -0.25) is 9.59 Å². The number of carboxylic acid groups (broad SMARTS) is 1. The van der Waals surface area contributed by atoms with E-state index in [-0.39, 0.29) is 18.4 Å². The second-order valence-electron chi connectivity index (χ2n) is 5.23. The number of carboxylic acids is 1. The molecule has 0 radical (unpaired) electrons. The molecule has 2 N–H and O–H groups in total. The minimum Gasteiger partial charge on any atom is -0.480 e. The minimum absolute atomic E-state index is 0.206. The summed E-state index contributed by atoms with van der Waals surface area (Å²) in [5.41, 5.74) is 0. The van der Waals surface area contributed by atoms with E-state index in [9.17, 15) is 9.59 Å². The summed E-state index contributed by atoms with van der Waals surface area (Å²) >= 11 is 1.56. The largest absolute Gasteiger partial charge is 0.480 e. The Hall–Kier alpha value is -2.22. The Balaban J connectivity index is 1.74. The molecule has 0 aliphatic carbocycles. The molecule has 1 amide bonds. The van der Waals surface area contributed by atoms with Gasteiger partial charge in [-0.05, 0) is 24.3 Å². The van der Waals surface area contributed by atoms with Crippen molar-refractivity contribution in [2.24, 2.45) is 5.92 Å². The Morgan fingerprint density at radius 3 is 3.14 bits per heavy atom. The molecule has 1 aliphatic rings. The number of anilines is 1. The van der Waals surface area contributed by atoms with E-state index in [0.29, 0.717) is 6.54 Å². The monoisotopic (exact) mass is 320 g/mol. The summed E-state index contributed by atoms with van der Waals surface area (Å²) in [6.07, 6.45) is 3.18. The Labute approximate surface area is 131 Å². The third kappa shape index (κ3) is 3.01. The summed E-state index contributed by atoms with van der Waals surface area (Å²) in [4.78, 5) is 34.2. The van der Waals surface area contributed by atoms with Crippen molar-refractivity contribution in [1.82, 2.24) is 15.3 Å². The summed E-state index contributed by atoms with van der Waals surface area (Å²) in [6, 6.07) is 1.99. The lowest BCUT2D eigenvalue weighted by Gasteiger charge is -2.33. The molecule has 1 saturated heterocycles. The highest BCUT2D eigenvalue weighted by molar-refractivity contribution is 7.16. The van der Waals surface area contributed by atoms with Gasteiger partial charge in [0.05, 0.1) is 11.3 Å². The van der Waals surface area contributed by atoms with Crippen LogP contribution in [0.1, 0.15) is 12.8 Å². The van der Waals surface area contributed by atoms with E-state index in [2.05, 4.69) is 20.2 Å². The van der Waals surface area contributed by atoms with Crippen molar-refractivity contribution in [3.8, 4) is 0 Å². The zero-order valence-corrected chi connectivity index (χ0v) is 12.7. The van der Waals surface area contributed by atoms with Gasteiger partial charge in [-0.25, -0.2) is 9.97 Å². The summed E-state index contributed by atoms with van der Waals surface area (Å²) < 4.78 is 0. The van der Waals surface area contributed by atoms with Crippen LogP contribution in [0.2, 0.25) is 0 Å². The van der Waals surface area contributed by atoms with E-state index in [0.717, 1.165) is 35.4 Å². The van der Waals surface area contributed by atoms with Gasteiger partial charge in [0.15, 0.2) is 0 Å². The highest BCUT2D eigenvalue weighted by atomic mass is 32.1. The Morgan fingerprint density at radius 2 is 2.32 bits per heavy atom. The fourth-order valence-electron chi connectivity index (χ4n) is 2.72. The van der Waals surface area contributed by atoms with Crippen LogP contribution in [-0.2, 0) is 9.59 Å². The maximum absolute atomic E-state index is 12.1. The summed E-state index contributed by atoms with van der Waals surface area (Å²) in [5.74, 6) is -0.599. The third-order valence-corrected chi connectivity index (χ3v) is 4.57. The van der Waals surface area contributed by atoms with E-state index < -0.39 is 5.97 Å². The summed E-state index contributed by atoms with van der Waals surface area (Å²) in [6.45, 7) is 1.05. The van der Waals surface area contributed by atoms with Gasteiger partial charge in [-0.1, -0.05) is 0 Å². The zero-order valence-electron chi connectivity index (χ0n) is 11.9. The van der Waals surface area contributed by atoms with E-state index in [4.69, 9.17) is 5.11 Å². The lowest BCUT2D eigenvalue weighted by Crippen LogP contribution is -2.44. The second-order valence-corrected chi connectivity index (χ2v) is 6.13. The standard InChI is InChI=1S/C14H16N4O3S/c19-11(20)6-15-13(21)9-2-1-4-18(7-9)12-10-3-5-22-14(10)17-8-16-12/h3,5,8-9H,1-2,4,6-7H2,(H,15,21)(H,19,20). The molecule has 3 rings (SSSR count). The first-order valence-corrected chi connectivity index (χ1v) is 7.96. The lowest BCUT2D eigenvalue weighted by molar-refractivity contribution is -0.138. The van der Waals surface area contributed by atoms with Gasteiger partial charge in [-0.2, -0.15) is 0 Å². The van der Waals surface area contributed by atoms with Crippen molar-refractivity contribution in [2.45, 2.75) is 12.8 Å². The Morgan fingerprint density at radius 1 is 1.45 bits per heavy atom. The predicted molar refractivity (Wildman–Crippen MR) is 83.0 cm³/mol. The van der Waals surface area contributed by atoms with Crippen molar-refractivity contribution in [3.63, 3.8) is 0 Å². The number of hydrogen-bond acceptors (Lipinski definition) is 6. The van der Waals surface area contributed by atoms with Crippen molar-refractivity contribution in [3.05, 3.63) is 17.8 Å². The van der Waals surface area contributed by atoms with Crippen molar-refractivity contribution >= 4 is 39.2 Å². The number of nitrogens with zero attached hydrogens (tertiary/aromatic N) is 3. The van der Waals surface area contributed by atoms with Crippen LogP contribution in [0, 0.1) is 5.92 Å². The zero-order chi connectivity index (χ0) is 15.5. The van der Waals surface area contributed by atoms with Crippen LogP contribution in [0.15, 0.2) is 17.8 Å². The topological polar surface area (TPSA) is 95.4 Å². The smallest absolute Gasteiger partial charge is 0.322 e. The molecule has 8 heteroatoms. The molecule has 2 aromatic heterocycles. The number of hydrogen-bond donors (Lipinski definition) is 2. The average Bonchev–Trinajstić information content (AvgIpc) is 3.01. The lowest BCUT2D eigenvalue weighted by atomic mass is 9.97. The molecule has 0 spiro atoms. The molecule has 1 unspecified atom stereocenters.